The van der Waals surface area contributed by atoms with E-state index in [1.807, 2.05) is 60.7 Å². The summed E-state index contributed by atoms with van der Waals surface area (Å²) in [5, 5.41) is 6.51. The minimum absolute atomic E-state index is 0.591. The lowest BCUT2D eigenvalue weighted by Crippen LogP contribution is -2.00. The standard InChI is InChI=1S/C49H29N3O2/c1-3-13-30(14-4-1)40-29-42-39-23-12-22-35(45(39)54-46(42)38-21-8-7-19-36(38)40)32-17-11-18-33(27-32)48-50-47(31-15-5-2-6-16-31)51-49(52-48)34-25-26-44-41(28-34)37-20-9-10-24-43(37)53-44/h1-29H. The first-order chi connectivity index (χ1) is 26.7. The van der Waals surface area contributed by atoms with Crippen molar-refractivity contribution in [2.24, 2.45) is 0 Å². The zero-order valence-corrected chi connectivity index (χ0v) is 28.9. The first kappa shape index (κ1) is 30.3. The molecule has 5 nitrogen and oxygen atoms in total. The van der Waals surface area contributed by atoms with E-state index < -0.39 is 0 Å². The summed E-state index contributed by atoms with van der Waals surface area (Å²) in [6.07, 6.45) is 0. The zero-order valence-electron chi connectivity index (χ0n) is 28.9. The Hall–Kier alpha value is -7.37. The van der Waals surface area contributed by atoms with E-state index in [-0.39, 0.29) is 0 Å². The van der Waals surface area contributed by atoms with Gasteiger partial charge in [0.2, 0.25) is 0 Å². The van der Waals surface area contributed by atoms with Crippen LogP contribution in [0.4, 0.5) is 0 Å². The Morgan fingerprint density at radius 1 is 0.278 bits per heavy atom. The van der Waals surface area contributed by atoms with Crippen molar-refractivity contribution in [3.05, 3.63) is 176 Å². The summed E-state index contributed by atoms with van der Waals surface area (Å²) >= 11 is 0. The van der Waals surface area contributed by atoms with Crippen LogP contribution in [0, 0.1) is 0 Å². The maximum absolute atomic E-state index is 6.85. The molecule has 0 saturated heterocycles. The third-order valence-corrected chi connectivity index (χ3v) is 10.3. The molecule has 0 aliphatic heterocycles. The van der Waals surface area contributed by atoms with Crippen molar-refractivity contribution in [1.29, 1.82) is 0 Å². The Morgan fingerprint density at radius 2 is 0.833 bits per heavy atom. The Labute approximate surface area is 309 Å². The average Bonchev–Trinajstić information content (AvgIpc) is 3.82. The van der Waals surface area contributed by atoms with E-state index in [0.717, 1.165) is 77.1 Å². The van der Waals surface area contributed by atoms with Crippen LogP contribution in [-0.4, -0.2) is 15.0 Å². The van der Waals surface area contributed by atoms with Crippen molar-refractivity contribution in [2.45, 2.75) is 0 Å². The van der Waals surface area contributed by atoms with E-state index in [2.05, 4.69) is 115 Å². The monoisotopic (exact) mass is 691 g/mol. The highest BCUT2D eigenvalue weighted by Crippen LogP contribution is 2.43. The number of rotatable bonds is 5. The van der Waals surface area contributed by atoms with Crippen molar-refractivity contribution in [2.75, 3.05) is 0 Å². The molecule has 0 aliphatic rings. The highest BCUT2D eigenvalue weighted by molar-refractivity contribution is 6.20. The van der Waals surface area contributed by atoms with Gasteiger partial charge >= 0.3 is 0 Å². The second-order valence-electron chi connectivity index (χ2n) is 13.6. The smallest absolute Gasteiger partial charge is 0.164 e. The van der Waals surface area contributed by atoms with Crippen molar-refractivity contribution < 1.29 is 8.83 Å². The lowest BCUT2D eigenvalue weighted by Gasteiger charge is -2.10. The molecule has 5 heteroatoms. The largest absolute Gasteiger partial charge is 0.456 e. The van der Waals surface area contributed by atoms with Crippen molar-refractivity contribution in [3.8, 4) is 56.4 Å². The van der Waals surface area contributed by atoms with Gasteiger partial charge in [-0.25, -0.2) is 15.0 Å². The summed E-state index contributed by atoms with van der Waals surface area (Å²) in [6, 6.07) is 60.4. The van der Waals surface area contributed by atoms with Gasteiger partial charge < -0.3 is 8.83 Å². The number of benzene rings is 8. The number of aromatic nitrogens is 3. The number of hydrogen-bond acceptors (Lipinski definition) is 5. The molecule has 0 unspecified atom stereocenters. The van der Waals surface area contributed by atoms with Crippen LogP contribution in [0.2, 0.25) is 0 Å². The number of para-hydroxylation sites is 2. The molecule has 8 aromatic carbocycles. The quantitative estimate of drug-likeness (QED) is 0.180. The molecule has 0 bridgehead atoms. The van der Waals surface area contributed by atoms with Crippen LogP contribution in [0.15, 0.2) is 185 Å². The first-order valence-electron chi connectivity index (χ1n) is 18.0. The lowest BCUT2D eigenvalue weighted by atomic mass is 9.95. The Morgan fingerprint density at radius 3 is 1.63 bits per heavy atom. The van der Waals surface area contributed by atoms with Crippen LogP contribution >= 0.6 is 0 Å². The highest BCUT2D eigenvalue weighted by Gasteiger charge is 2.19. The van der Waals surface area contributed by atoms with Crippen LogP contribution < -0.4 is 0 Å². The molecule has 252 valence electrons. The summed E-state index contributed by atoms with van der Waals surface area (Å²) in [5.74, 6) is 1.80. The van der Waals surface area contributed by atoms with Gasteiger partial charge in [-0.05, 0) is 58.5 Å². The molecular weight excluding hydrogens is 663 g/mol. The van der Waals surface area contributed by atoms with Gasteiger partial charge in [-0.1, -0.05) is 140 Å². The molecule has 0 N–H and O–H groups in total. The van der Waals surface area contributed by atoms with Gasteiger partial charge in [0.05, 0.1) is 0 Å². The number of nitrogens with zero attached hydrogens (tertiary/aromatic N) is 3. The van der Waals surface area contributed by atoms with Crippen LogP contribution in [0.3, 0.4) is 0 Å². The van der Waals surface area contributed by atoms with E-state index in [9.17, 15) is 0 Å². The lowest BCUT2D eigenvalue weighted by molar-refractivity contribution is 0.669. The molecule has 0 spiro atoms. The summed E-state index contributed by atoms with van der Waals surface area (Å²) < 4.78 is 13.0. The average molecular weight is 692 g/mol. The molecule has 11 rings (SSSR count). The molecule has 54 heavy (non-hydrogen) atoms. The van der Waals surface area contributed by atoms with Crippen LogP contribution in [-0.2, 0) is 0 Å². The second kappa shape index (κ2) is 12.1. The number of hydrogen-bond donors (Lipinski definition) is 0. The normalized spacial score (nSPS) is 11.7. The fourth-order valence-electron chi connectivity index (χ4n) is 7.75. The SMILES string of the molecule is c1ccc(-c2nc(-c3cccc(-c4cccc5c4oc4c6ccccc6c(-c6ccccc6)cc54)c3)nc(-c3ccc4oc5ccccc5c4c3)n2)cc1. The molecule has 0 aliphatic carbocycles. The predicted molar refractivity (Wildman–Crippen MR) is 219 cm³/mol. The minimum Gasteiger partial charge on any atom is -0.456 e. The van der Waals surface area contributed by atoms with E-state index >= 15 is 0 Å². The second-order valence-corrected chi connectivity index (χ2v) is 13.6. The molecule has 0 atom stereocenters. The van der Waals surface area contributed by atoms with Gasteiger partial charge in [-0.3, -0.25) is 0 Å². The maximum atomic E-state index is 6.85. The van der Waals surface area contributed by atoms with Gasteiger partial charge in [0.25, 0.3) is 0 Å². The van der Waals surface area contributed by atoms with Gasteiger partial charge in [0.15, 0.2) is 17.5 Å². The van der Waals surface area contributed by atoms with E-state index in [1.54, 1.807) is 0 Å². The Balaban J connectivity index is 1.08. The van der Waals surface area contributed by atoms with E-state index in [1.165, 1.54) is 16.5 Å². The van der Waals surface area contributed by atoms with Crippen molar-refractivity contribution in [3.63, 3.8) is 0 Å². The number of furan rings is 2. The summed E-state index contributed by atoms with van der Waals surface area (Å²) in [7, 11) is 0. The van der Waals surface area contributed by atoms with Crippen LogP contribution in [0.25, 0.3) is 111 Å². The summed E-state index contributed by atoms with van der Waals surface area (Å²) in [5.41, 5.74) is 10.5. The predicted octanol–water partition coefficient (Wildman–Crippen LogP) is 13.2. The molecule has 0 saturated carbocycles. The van der Waals surface area contributed by atoms with Crippen molar-refractivity contribution in [1.82, 2.24) is 15.0 Å². The molecule has 11 aromatic rings. The molecule has 0 radical (unpaired) electrons. The fourth-order valence-corrected chi connectivity index (χ4v) is 7.75. The van der Waals surface area contributed by atoms with Gasteiger partial charge in [-0.15, -0.1) is 0 Å². The van der Waals surface area contributed by atoms with E-state index in [4.69, 9.17) is 23.8 Å². The third kappa shape index (κ3) is 4.90. The third-order valence-electron chi connectivity index (χ3n) is 10.3. The highest BCUT2D eigenvalue weighted by atomic mass is 16.3. The summed E-state index contributed by atoms with van der Waals surface area (Å²) in [6.45, 7) is 0. The zero-order chi connectivity index (χ0) is 35.6. The van der Waals surface area contributed by atoms with Crippen LogP contribution in [0.1, 0.15) is 0 Å². The van der Waals surface area contributed by atoms with Crippen molar-refractivity contribution >= 4 is 54.6 Å². The maximum Gasteiger partial charge on any atom is 0.164 e. The molecule has 0 fully saturated rings. The minimum atomic E-state index is 0.591. The summed E-state index contributed by atoms with van der Waals surface area (Å²) in [4.78, 5) is 15.1. The van der Waals surface area contributed by atoms with Gasteiger partial charge in [0, 0.05) is 49.2 Å². The van der Waals surface area contributed by atoms with E-state index in [0.29, 0.717) is 17.5 Å². The van der Waals surface area contributed by atoms with Gasteiger partial charge in [-0.2, -0.15) is 0 Å². The molecule has 0 amide bonds. The Bertz CT molecular complexity index is 3220. The fraction of sp³-hybridized carbons (Fsp3) is 0. The Kier molecular flexibility index (Phi) is 6.79. The van der Waals surface area contributed by atoms with Gasteiger partial charge in [0.1, 0.15) is 22.3 Å². The topological polar surface area (TPSA) is 65.0 Å². The molecule has 3 heterocycles. The van der Waals surface area contributed by atoms with Crippen LogP contribution in [0.5, 0.6) is 0 Å². The molecular formula is C49H29N3O2. The number of fused-ring (bicyclic) bond motifs is 8. The molecule has 3 aromatic heterocycles. The first-order valence-corrected chi connectivity index (χ1v) is 18.0.